The van der Waals surface area contributed by atoms with Crippen LogP contribution in [-0.4, -0.2) is 30.6 Å². The molecule has 1 aliphatic rings. The van der Waals surface area contributed by atoms with Crippen LogP contribution in [0.2, 0.25) is 10.0 Å². The molecule has 0 radical (unpaired) electrons. The number of carbonyl (C=O) groups excluding carboxylic acids is 1. The summed E-state index contributed by atoms with van der Waals surface area (Å²) in [7, 11) is 0. The molecule has 0 spiro atoms. The molecule has 0 aromatic heterocycles. The van der Waals surface area contributed by atoms with Gasteiger partial charge >= 0.3 is 6.03 Å². The Morgan fingerprint density at radius 1 is 1.15 bits per heavy atom. The van der Waals surface area contributed by atoms with Gasteiger partial charge in [0.25, 0.3) is 0 Å². The van der Waals surface area contributed by atoms with E-state index in [1.54, 1.807) is 6.07 Å². The Morgan fingerprint density at radius 3 is 2.50 bits per heavy atom. The minimum Gasteiger partial charge on any atom is -0.338 e. The van der Waals surface area contributed by atoms with E-state index in [4.69, 9.17) is 23.2 Å². The molecule has 1 fully saturated rings. The standard InChI is InChI=1S/C15H20Cl2N2O/c16-13-6-5-12(14(17)11-13)7-8-18-15(20)19-9-3-1-2-4-10-19/h5-6,11H,1-4,7-10H2,(H,18,20). The number of benzene rings is 1. The minimum atomic E-state index is 0.0389. The number of urea groups is 1. The number of amides is 2. The maximum absolute atomic E-state index is 12.0. The number of hydrogen-bond acceptors (Lipinski definition) is 1. The van der Waals surface area contributed by atoms with E-state index in [-0.39, 0.29) is 6.03 Å². The summed E-state index contributed by atoms with van der Waals surface area (Å²) < 4.78 is 0. The minimum absolute atomic E-state index is 0.0389. The monoisotopic (exact) mass is 314 g/mol. The van der Waals surface area contributed by atoms with Crippen molar-refractivity contribution in [3.63, 3.8) is 0 Å². The van der Waals surface area contributed by atoms with E-state index in [1.807, 2.05) is 17.0 Å². The lowest BCUT2D eigenvalue weighted by molar-refractivity contribution is 0.200. The lowest BCUT2D eigenvalue weighted by Crippen LogP contribution is -2.41. The van der Waals surface area contributed by atoms with Gasteiger partial charge in [-0.1, -0.05) is 42.1 Å². The predicted molar refractivity (Wildman–Crippen MR) is 83.6 cm³/mol. The van der Waals surface area contributed by atoms with Crippen LogP contribution in [0.4, 0.5) is 4.79 Å². The lowest BCUT2D eigenvalue weighted by Gasteiger charge is -2.20. The van der Waals surface area contributed by atoms with Crippen molar-refractivity contribution in [1.29, 1.82) is 0 Å². The number of halogens is 2. The van der Waals surface area contributed by atoms with E-state index in [1.165, 1.54) is 12.8 Å². The maximum atomic E-state index is 12.0. The van der Waals surface area contributed by atoms with Crippen molar-refractivity contribution < 1.29 is 4.79 Å². The van der Waals surface area contributed by atoms with Crippen molar-refractivity contribution in [1.82, 2.24) is 10.2 Å². The van der Waals surface area contributed by atoms with E-state index in [0.29, 0.717) is 16.6 Å². The van der Waals surface area contributed by atoms with Gasteiger partial charge in [0.05, 0.1) is 0 Å². The van der Waals surface area contributed by atoms with Gasteiger partial charge in [-0.05, 0) is 37.0 Å². The van der Waals surface area contributed by atoms with Crippen molar-refractivity contribution in [3.05, 3.63) is 33.8 Å². The molecule has 0 bridgehead atoms. The van der Waals surface area contributed by atoms with Crippen LogP contribution in [0.15, 0.2) is 18.2 Å². The second kappa shape index (κ2) is 7.75. The predicted octanol–water partition coefficient (Wildman–Crippen LogP) is 4.12. The van der Waals surface area contributed by atoms with Crippen LogP contribution in [0.25, 0.3) is 0 Å². The fraction of sp³-hybridized carbons (Fsp3) is 0.533. The molecule has 3 nitrogen and oxygen atoms in total. The molecule has 0 saturated carbocycles. The molecule has 0 unspecified atom stereocenters. The van der Waals surface area contributed by atoms with E-state index < -0.39 is 0 Å². The zero-order chi connectivity index (χ0) is 14.4. The third-order valence-corrected chi connectivity index (χ3v) is 4.17. The summed E-state index contributed by atoms with van der Waals surface area (Å²) >= 11 is 12.0. The summed E-state index contributed by atoms with van der Waals surface area (Å²) in [5.41, 5.74) is 1.01. The highest BCUT2D eigenvalue weighted by atomic mass is 35.5. The maximum Gasteiger partial charge on any atom is 0.317 e. The number of carbonyl (C=O) groups is 1. The molecular weight excluding hydrogens is 295 g/mol. The molecule has 5 heteroatoms. The highest BCUT2D eigenvalue weighted by Crippen LogP contribution is 2.21. The zero-order valence-corrected chi connectivity index (χ0v) is 13.0. The molecule has 2 amide bonds. The molecular formula is C15H20Cl2N2O. The number of likely N-dealkylation sites (tertiary alicyclic amines) is 1. The Labute approximate surface area is 130 Å². The number of rotatable bonds is 3. The topological polar surface area (TPSA) is 32.3 Å². The van der Waals surface area contributed by atoms with Gasteiger partial charge in [0, 0.05) is 29.7 Å². The van der Waals surface area contributed by atoms with Crippen LogP contribution < -0.4 is 5.32 Å². The Kier molecular flexibility index (Phi) is 5.99. The first-order valence-electron chi connectivity index (χ1n) is 7.13. The molecule has 1 aromatic carbocycles. The molecule has 1 heterocycles. The smallest absolute Gasteiger partial charge is 0.317 e. The lowest BCUT2D eigenvalue weighted by atomic mass is 10.1. The van der Waals surface area contributed by atoms with E-state index in [2.05, 4.69) is 5.32 Å². The summed E-state index contributed by atoms with van der Waals surface area (Å²) in [6, 6.07) is 5.49. The largest absolute Gasteiger partial charge is 0.338 e. The van der Waals surface area contributed by atoms with Gasteiger partial charge in [-0.25, -0.2) is 4.79 Å². The molecule has 20 heavy (non-hydrogen) atoms. The van der Waals surface area contributed by atoms with Crippen LogP contribution in [0.5, 0.6) is 0 Å². The van der Waals surface area contributed by atoms with Crippen molar-refractivity contribution in [3.8, 4) is 0 Å². The second-order valence-corrected chi connectivity index (χ2v) is 5.96. The van der Waals surface area contributed by atoms with Crippen molar-refractivity contribution >= 4 is 29.2 Å². The summed E-state index contributed by atoms with van der Waals surface area (Å²) in [5, 5.41) is 4.25. The van der Waals surface area contributed by atoms with Gasteiger partial charge in [0.15, 0.2) is 0 Å². The van der Waals surface area contributed by atoms with Gasteiger partial charge in [0.1, 0.15) is 0 Å². The normalized spacial score (nSPS) is 15.8. The summed E-state index contributed by atoms with van der Waals surface area (Å²) in [6.45, 7) is 2.33. The highest BCUT2D eigenvalue weighted by Gasteiger charge is 2.14. The van der Waals surface area contributed by atoms with Gasteiger partial charge < -0.3 is 10.2 Å². The van der Waals surface area contributed by atoms with Gasteiger partial charge in [-0.3, -0.25) is 0 Å². The summed E-state index contributed by atoms with van der Waals surface area (Å²) in [4.78, 5) is 14.0. The van der Waals surface area contributed by atoms with E-state index >= 15 is 0 Å². The molecule has 0 atom stereocenters. The van der Waals surface area contributed by atoms with Crippen molar-refractivity contribution in [2.45, 2.75) is 32.1 Å². The molecule has 0 aliphatic carbocycles. The van der Waals surface area contributed by atoms with Gasteiger partial charge in [-0.2, -0.15) is 0 Å². The fourth-order valence-corrected chi connectivity index (χ4v) is 2.92. The van der Waals surface area contributed by atoms with E-state index in [0.717, 1.165) is 37.9 Å². The Hall–Kier alpha value is -0.930. The van der Waals surface area contributed by atoms with Crippen LogP contribution >= 0.6 is 23.2 Å². The van der Waals surface area contributed by atoms with Gasteiger partial charge in [-0.15, -0.1) is 0 Å². The molecule has 1 aliphatic heterocycles. The number of nitrogens with zero attached hydrogens (tertiary/aromatic N) is 1. The average molecular weight is 315 g/mol. The zero-order valence-electron chi connectivity index (χ0n) is 11.5. The molecule has 110 valence electrons. The summed E-state index contributed by atoms with van der Waals surface area (Å²) in [6.07, 6.45) is 5.39. The molecule has 1 aromatic rings. The first-order chi connectivity index (χ1) is 9.66. The van der Waals surface area contributed by atoms with Crippen LogP contribution in [0.3, 0.4) is 0 Å². The number of nitrogens with one attached hydrogen (secondary N) is 1. The van der Waals surface area contributed by atoms with Crippen molar-refractivity contribution in [2.75, 3.05) is 19.6 Å². The second-order valence-electron chi connectivity index (χ2n) is 5.12. The third-order valence-electron chi connectivity index (χ3n) is 3.58. The van der Waals surface area contributed by atoms with E-state index in [9.17, 15) is 4.79 Å². The molecule has 1 saturated heterocycles. The Balaban J connectivity index is 1.78. The quantitative estimate of drug-likeness (QED) is 0.894. The molecule has 1 N–H and O–H groups in total. The average Bonchev–Trinajstić information content (AvgIpc) is 2.70. The SMILES string of the molecule is O=C(NCCc1ccc(Cl)cc1Cl)N1CCCCCC1. The Morgan fingerprint density at radius 2 is 1.85 bits per heavy atom. The van der Waals surface area contributed by atoms with Crippen LogP contribution in [-0.2, 0) is 6.42 Å². The van der Waals surface area contributed by atoms with Crippen LogP contribution in [0.1, 0.15) is 31.2 Å². The number of hydrogen-bond donors (Lipinski definition) is 1. The fourth-order valence-electron chi connectivity index (χ4n) is 2.41. The highest BCUT2D eigenvalue weighted by molar-refractivity contribution is 6.35. The van der Waals surface area contributed by atoms with Crippen LogP contribution in [0, 0.1) is 0 Å². The summed E-state index contributed by atoms with van der Waals surface area (Å²) in [5.74, 6) is 0. The first kappa shape index (κ1) is 15.5. The third kappa shape index (κ3) is 4.57. The Bertz CT molecular complexity index is 457. The first-order valence-corrected chi connectivity index (χ1v) is 7.89. The van der Waals surface area contributed by atoms with Crippen molar-refractivity contribution in [2.24, 2.45) is 0 Å². The molecule has 2 rings (SSSR count). The van der Waals surface area contributed by atoms with Gasteiger partial charge in [0.2, 0.25) is 0 Å².